The Morgan fingerprint density at radius 1 is 1.14 bits per heavy atom. The topological polar surface area (TPSA) is 72.9 Å². The summed E-state index contributed by atoms with van der Waals surface area (Å²) in [6.07, 6.45) is 1.06. The van der Waals surface area contributed by atoms with Crippen LogP contribution in [0.3, 0.4) is 0 Å². The van der Waals surface area contributed by atoms with Crippen LogP contribution < -0.4 is 0 Å². The molecule has 0 aliphatic rings. The second-order valence-electron chi connectivity index (χ2n) is 4.44. The molecule has 0 bridgehead atoms. The number of hydrogen-bond donors (Lipinski definition) is 0. The smallest absolute Gasteiger partial charge is 0.308 e. The summed E-state index contributed by atoms with van der Waals surface area (Å²) in [6, 6.07) is 8.71. The SMILES string of the molecule is CCOP(=O)(OCC)C(c1ccccc1)N(C)S(C)(=O)=O. The summed E-state index contributed by atoms with van der Waals surface area (Å²) in [7, 11) is -5.85. The van der Waals surface area contributed by atoms with Crippen molar-refractivity contribution in [1.82, 2.24) is 4.31 Å². The Bertz CT molecular complexity index is 580. The van der Waals surface area contributed by atoms with Crippen molar-refractivity contribution in [3.8, 4) is 0 Å². The number of sulfonamides is 1. The Labute approximate surface area is 126 Å². The van der Waals surface area contributed by atoms with Crippen LogP contribution in [0.4, 0.5) is 0 Å². The molecule has 6 nitrogen and oxygen atoms in total. The van der Waals surface area contributed by atoms with E-state index in [1.165, 1.54) is 7.05 Å². The van der Waals surface area contributed by atoms with E-state index in [0.29, 0.717) is 5.56 Å². The van der Waals surface area contributed by atoms with E-state index in [0.717, 1.165) is 10.6 Å². The van der Waals surface area contributed by atoms with E-state index in [-0.39, 0.29) is 13.2 Å². The fourth-order valence-electron chi connectivity index (χ4n) is 1.94. The van der Waals surface area contributed by atoms with Crippen LogP contribution in [-0.2, 0) is 23.6 Å². The highest BCUT2D eigenvalue weighted by atomic mass is 32.2. The molecular formula is C13H22NO5PS. The van der Waals surface area contributed by atoms with Crippen molar-refractivity contribution in [3.05, 3.63) is 35.9 Å². The molecular weight excluding hydrogens is 313 g/mol. The van der Waals surface area contributed by atoms with Gasteiger partial charge in [0.05, 0.1) is 19.5 Å². The zero-order chi connectivity index (χ0) is 16.1. The van der Waals surface area contributed by atoms with Crippen molar-refractivity contribution in [2.24, 2.45) is 0 Å². The molecule has 120 valence electrons. The normalized spacial score (nSPS) is 14.3. The molecule has 21 heavy (non-hydrogen) atoms. The van der Waals surface area contributed by atoms with Crippen molar-refractivity contribution in [3.63, 3.8) is 0 Å². The molecule has 0 amide bonds. The molecule has 0 aliphatic heterocycles. The summed E-state index contributed by atoms with van der Waals surface area (Å²) in [5.41, 5.74) is 0.565. The van der Waals surface area contributed by atoms with Gasteiger partial charge in [-0.2, -0.15) is 4.31 Å². The summed E-state index contributed by atoms with van der Waals surface area (Å²) in [5.74, 6) is -1.01. The summed E-state index contributed by atoms with van der Waals surface area (Å²) >= 11 is 0. The van der Waals surface area contributed by atoms with Gasteiger partial charge in [0.15, 0.2) is 5.78 Å². The van der Waals surface area contributed by atoms with Gasteiger partial charge in [0, 0.05) is 7.05 Å². The van der Waals surface area contributed by atoms with Crippen LogP contribution >= 0.6 is 7.60 Å². The van der Waals surface area contributed by atoms with Gasteiger partial charge in [-0.15, -0.1) is 0 Å². The minimum atomic E-state index is -3.66. The highest BCUT2D eigenvalue weighted by molar-refractivity contribution is 7.88. The minimum Gasteiger partial charge on any atom is -0.308 e. The highest BCUT2D eigenvalue weighted by Gasteiger charge is 2.42. The van der Waals surface area contributed by atoms with Gasteiger partial charge in [-0.25, -0.2) is 8.42 Å². The first-order chi connectivity index (χ1) is 9.76. The molecule has 0 spiro atoms. The zero-order valence-corrected chi connectivity index (χ0v) is 14.4. The van der Waals surface area contributed by atoms with Crippen LogP contribution in [-0.4, -0.2) is 39.2 Å². The fourth-order valence-corrected chi connectivity index (χ4v) is 5.29. The monoisotopic (exact) mass is 335 g/mol. The molecule has 0 N–H and O–H groups in total. The Morgan fingerprint density at radius 2 is 1.62 bits per heavy atom. The number of benzene rings is 1. The average molecular weight is 335 g/mol. The standard InChI is InChI=1S/C13H22NO5PS/c1-5-18-20(15,19-6-2)13(14(3)21(4,16)17)12-10-8-7-9-11-12/h7-11,13H,5-6H2,1-4H3. The summed E-state index contributed by atoms with van der Waals surface area (Å²) in [4.78, 5) is 0. The van der Waals surface area contributed by atoms with Crippen LogP contribution in [0.25, 0.3) is 0 Å². The molecule has 1 aromatic rings. The zero-order valence-electron chi connectivity index (χ0n) is 12.7. The Morgan fingerprint density at radius 3 is 2.00 bits per heavy atom. The summed E-state index contributed by atoms with van der Waals surface area (Å²) < 4.78 is 48.5. The Kier molecular flexibility index (Phi) is 6.56. The Balaban J connectivity index is 3.40. The molecule has 0 saturated carbocycles. The molecule has 1 unspecified atom stereocenters. The third-order valence-electron chi connectivity index (χ3n) is 2.88. The first-order valence-corrected chi connectivity index (χ1v) is 10.1. The first-order valence-electron chi connectivity index (χ1n) is 6.63. The molecule has 0 fully saturated rings. The van der Waals surface area contributed by atoms with E-state index in [4.69, 9.17) is 9.05 Å². The largest absolute Gasteiger partial charge is 0.353 e. The van der Waals surface area contributed by atoms with Gasteiger partial charge in [-0.05, 0) is 19.4 Å². The molecule has 1 aromatic carbocycles. The molecule has 0 aliphatic carbocycles. The van der Waals surface area contributed by atoms with E-state index in [1.54, 1.807) is 44.2 Å². The lowest BCUT2D eigenvalue weighted by Gasteiger charge is -2.32. The predicted octanol–water partition coefficient (Wildman–Crippen LogP) is 2.84. The van der Waals surface area contributed by atoms with Crippen molar-refractivity contribution in [1.29, 1.82) is 0 Å². The van der Waals surface area contributed by atoms with Gasteiger partial charge < -0.3 is 9.05 Å². The predicted molar refractivity (Wildman–Crippen MR) is 82.6 cm³/mol. The second kappa shape index (κ2) is 7.51. The van der Waals surface area contributed by atoms with E-state index >= 15 is 0 Å². The third-order valence-corrected chi connectivity index (χ3v) is 6.78. The number of nitrogens with zero attached hydrogens (tertiary/aromatic N) is 1. The van der Waals surface area contributed by atoms with Crippen molar-refractivity contribution >= 4 is 17.6 Å². The van der Waals surface area contributed by atoms with Gasteiger partial charge in [0.25, 0.3) is 0 Å². The minimum absolute atomic E-state index is 0.165. The molecule has 0 saturated heterocycles. The van der Waals surface area contributed by atoms with Gasteiger partial charge in [-0.3, -0.25) is 4.57 Å². The quantitative estimate of drug-likeness (QED) is 0.683. The molecule has 1 atom stereocenters. The van der Waals surface area contributed by atoms with Gasteiger partial charge in [0.1, 0.15) is 0 Å². The van der Waals surface area contributed by atoms with Crippen molar-refractivity contribution in [2.75, 3.05) is 26.5 Å². The summed E-state index contributed by atoms with van der Waals surface area (Å²) in [5, 5.41) is 0. The fraction of sp³-hybridized carbons (Fsp3) is 0.538. The lowest BCUT2D eigenvalue weighted by Crippen LogP contribution is -2.31. The van der Waals surface area contributed by atoms with E-state index in [2.05, 4.69) is 0 Å². The van der Waals surface area contributed by atoms with Crippen LogP contribution in [0.2, 0.25) is 0 Å². The second-order valence-corrected chi connectivity index (χ2v) is 8.57. The van der Waals surface area contributed by atoms with Crippen molar-refractivity contribution < 1.29 is 22.0 Å². The van der Waals surface area contributed by atoms with Crippen LogP contribution in [0.15, 0.2) is 30.3 Å². The maximum absolute atomic E-state index is 13.1. The van der Waals surface area contributed by atoms with Gasteiger partial charge in [0.2, 0.25) is 10.0 Å². The van der Waals surface area contributed by atoms with E-state index in [9.17, 15) is 13.0 Å². The lowest BCUT2D eigenvalue weighted by atomic mass is 10.2. The van der Waals surface area contributed by atoms with Gasteiger partial charge >= 0.3 is 7.60 Å². The molecule has 1 rings (SSSR count). The van der Waals surface area contributed by atoms with E-state index in [1.807, 2.05) is 0 Å². The highest BCUT2D eigenvalue weighted by Crippen LogP contribution is 2.62. The molecule has 0 radical (unpaired) electrons. The molecule has 0 aromatic heterocycles. The van der Waals surface area contributed by atoms with Gasteiger partial charge in [-0.1, -0.05) is 30.3 Å². The molecule has 8 heteroatoms. The van der Waals surface area contributed by atoms with Crippen molar-refractivity contribution in [2.45, 2.75) is 19.6 Å². The number of rotatable bonds is 8. The Hall–Kier alpha value is -0.720. The van der Waals surface area contributed by atoms with E-state index < -0.39 is 23.4 Å². The average Bonchev–Trinajstić information content (AvgIpc) is 2.39. The van der Waals surface area contributed by atoms with Crippen LogP contribution in [0.1, 0.15) is 25.2 Å². The first kappa shape index (κ1) is 18.3. The van der Waals surface area contributed by atoms with Crippen LogP contribution in [0.5, 0.6) is 0 Å². The third kappa shape index (κ3) is 4.63. The maximum atomic E-state index is 13.1. The lowest BCUT2D eigenvalue weighted by molar-refractivity contribution is 0.197. The maximum Gasteiger partial charge on any atom is 0.353 e. The number of hydrogen-bond acceptors (Lipinski definition) is 5. The molecule has 0 heterocycles. The van der Waals surface area contributed by atoms with Crippen LogP contribution in [0, 0.1) is 0 Å². The summed E-state index contributed by atoms with van der Waals surface area (Å²) in [6.45, 7) is 3.71.